The Balaban J connectivity index is 1.62. The number of amides is 1. The zero-order chi connectivity index (χ0) is 18.5. The summed E-state index contributed by atoms with van der Waals surface area (Å²) >= 11 is 7.79. The summed E-state index contributed by atoms with van der Waals surface area (Å²) in [7, 11) is 0. The lowest BCUT2D eigenvalue weighted by atomic mass is 10.3. The Labute approximate surface area is 162 Å². The van der Waals surface area contributed by atoms with Crippen molar-refractivity contribution in [1.82, 2.24) is 10.3 Å². The first kappa shape index (κ1) is 18.7. The van der Waals surface area contributed by atoms with Crippen LogP contribution in [0.2, 0.25) is 5.02 Å². The molecule has 1 atom stereocenters. The normalized spacial score (nSPS) is 15.0. The second-order valence-corrected chi connectivity index (χ2v) is 7.70. The molecule has 0 saturated heterocycles. The van der Waals surface area contributed by atoms with Crippen molar-refractivity contribution in [2.45, 2.75) is 32.7 Å². The number of nitrogens with zero attached hydrogens (tertiary/aromatic N) is 1. The molecule has 1 amide bonds. The maximum absolute atomic E-state index is 11.0. The van der Waals surface area contributed by atoms with Gasteiger partial charge in [0.1, 0.15) is 10.8 Å². The third kappa shape index (κ3) is 5.47. The molecular weight excluding hydrogens is 372 g/mol. The molecule has 0 spiro atoms. The molecule has 138 valence electrons. The number of hydrogen-bond acceptors (Lipinski definition) is 5. The second-order valence-electron chi connectivity index (χ2n) is 6.30. The Kier molecular flexibility index (Phi) is 6.16. The first-order valence-electron chi connectivity index (χ1n) is 8.51. The highest BCUT2D eigenvalue weighted by Gasteiger charge is 2.22. The Hall–Kier alpha value is -2.05. The molecule has 1 N–H and O–H groups in total. The van der Waals surface area contributed by atoms with Gasteiger partial charge in [-0.2, -0.15) is 0 Å². The van der Waals surface area contributed by atoms with Gasteiger partial charge in [0.2, 0.25) is 5.91 Å². The number of hydrogen-bond donors (Lipinski definition) is 1. The van der Waals surface area contributed by atoms with E-state index in [2.05, 4.69) is 10.3 Å². The zero-order valence-electron chi connectivity index (χ0n) is 14.7. The Morgan fingerprint density at radius 3 is 2.96 bits per heavy atom. The Morgan fingerprint density at radius 2 is 2.23 bits per heavy atom. The SMILES string of the molecule is CC(=O)N[C@@H](C)C=Cc1cnc(Oc2cccc(OCC3CC3)c2Cl)s1. The van der Waals surface area contributed by atoms with Gasteiger partial charge in [0.15, 0.2) is 5.75 Å². The smallest absolute Gasteiger partial charge is 0.279 e. The van der Waals surface area contributed by atoms with Crippen molar-refractivity contribution in [1.29, 1.82) is 0 Å². The molecule has 1 aliphatic carbocycles. The zero-order valence-corrected chi connectivity index (χ0v) is 16.3. The molecule has 1 heterocycles. The number of nitrogens with one attached hydrogen (secondary N) is 1. The predicted octanol–water partition coefficient (Wildman–Crippen LogP) is 4.92. The molecule has 1 aromatic carbocycles. The number of thiazole rings is 1. The first-order chi connectivity index (χ1) is 12.5. The number of carbonyl (C=O) groups is 1. The highest BCUT2D eigenvalue weighted by atomic mass is 35.5. The van der Waals surface area contributed by atoms with E-state index in [0.717, 1.165) is 4.88 Å². The van der Waals surface area contributed by atoms with Gasteiger partial charge in [-0.3, -0.25) is 4.79 Å². The number of ether oxygens (including phenoxy) is 2. The van der Waals surface area contributed by atoms with Gasteiger partial charge in [0.25, 0.3) is 5.19 Å². The fourth-order valence-electron chi connectivity index (χ4n) is 2.27. The van der Waals surface area contributed by atoms with Gasteiger partial charge in [0.05, 0.1) is 11.5 Å². The molecule has 0 radical (unpaired) electrons. The van der Waals surface area contributed by atoms with Gasteiger partial charge < -0.3 is 14.8 Å². The molecule has 7 heteroatoms. The number of aromatic nitrogens is 1. The van der Waals surface area contributed by atoms with Gasteiger partial charge in [0, 0.05) is 19.2 Å². The van der Waals surface area contributed by atoms with Crippen LogP contribution in [0.4, 0.5) is 0 Å². The van der Waals surface area contributed by atoms with Crippen LogP contribution in [0.5, 0.6) is 16.7 Å². The largest absolute Gasteiger partial charge is 0.492 e. The maximum atomic E-state index is 11.0. The lowest BCUT2D eigenvalue weighted by molar-refractivity contribution is -0.119. The number of benzene rings is 1. The van der Waals surface area contributed by atoms with Crippen LogP contribution in [0.15, 0.2) is 30.5 Å². The average molecular weight is 393 g/mol. The van der Waals surface area contributed by atoms with Gasteiger partial charge in [-0.05, 0) is 43.9 Å². The van der Waals surface area contributed by atoms with Crippen LogP contribution in [0, 0.1) is 5.92 Å². The lowest BCUT2D eigenvalue weighted by Crippen LogP contribution is -2.28. The summed E-state index contributed by atoms with van der Waals surface area (Å²) in [4.78, 5) is 16.2. The fraction of sp³-hybridized carbons (Fsp3) is 0.368. The van der Waals surface area contributed by atoms with Crippen molar-refractivity contribution in [3.8, 4) is 16.7 Å². The Bertz CT molecular complexity index is 802. The van der Waals surface area contributed by atoms with Crippen LogP contribution in [0.1, 0.15) is 31.6 Å². The van der Waals surface area contributed by atoms with Gasteiger partial charge in [-0.15, -0.1) is 0 Å². The van der Waals surface area contributed by atoms with Gasteiger partial charge >= 0.3 is 0 Å². The van der Waals surface area contributed by atoms with Crippen molar-refractivity contribution in [3.63, 3.8) is 0 Å². The van der Waals surface area contributed by atoms with E-state index in [0.29, 0.717) is 34.2 Å². The maximum Gasteiger partial charge on any atom is 0.279 e. The van der Waals surface area contributed by atoms with E-state index in [9.17, 15) is 4.79 Å². The van der Waals surface area contributed by atoms with Gasteiger partial charge in [-0.25, -0.2) is 4.98 Å². The van der Waals surface area contributed by atoms with E-state index in [1.165, 1.54) is 31.1 Å². The van der Waals surface area contributed by atoms with Crippen molar-refractivity contribution in [2.24, 2.45) is 5.92 Å². The predicted molar refractivity (Wildman–Crippen MR) is 104 cm³/mol. The fourth-order valence-corrected chi connectivity index (χ4v) is 3.18. The molecule has 5 nitrogen and oxygen atoms in total. The third-order valence-electron chi connectivity index (χ3n) is 3.78. The highest BCUT2D eigenvalue weighted by molar-refractivity contribution is 7.14. The summed E-state index contributed by atoms with van der Waals surface area (Å²) in [6, 6.07) is 5.44. The summed E-state index contributed by atoms with van der Waals surface area (Å²) in [5.41, 5.74) is 0. The topological polar surface area (TPSA) is 60.5 Å². The van der Waals surface area contributed by atoms with Crippen LogP contribution < -0.4 is 14.8 Å². The van der Waals surface area contributed by atoms with Crippen LogP contribution in [-0.4, -0.2) is 23.5 Å². The third-order valence-corrected chi connectivity index (χ3v) is 4.99. The minimum Gasteiger partial charge on any atom is -0.492 e. The standard InChI is InChI=1S/C19H21ClN2O3S/c1-12(22-13(2)23)6-9-15-10-21-19(26-15)25-17-5-3-4-16(18(17)20)24-11-14-7-8-14/h3-6,9-10,12,14H,7-8,11H2,1-2H3,(H,22,23)/t12-/m0/s1. The first-order valence-corrected chi connectivity index (χ1v) is 9.71. The quantitative estimate of drug-likeness (QED) is 0.692. The van der Waals surface area contributed by atoms with Crippen molar-refractivity contribution >= 4 is 34.9 Å². The van der Waals surface area contributed by atoms with E-state index in [1.54, 1.807) is 12.3 Å². The van der Waals surface area contributed by atoms with Crippen LogP contribution in [-0.2, 0) is 4.79 Å². The average Bonchev–Trinajstić information content (AvgIpc) is 3.31. The van der Waals surface area contributed by atoms with E-state index in [1.807, 2.05) is 31.2 Å². The monoisotopic (exact) mass is 392 g/mol. The summed E-state index contributed by atoms with van der Waals surface area (Å²) in [5, 5.41) is 3.75. The van der Waals surface area contributed by atoms with E-state index in [4.69, 9.17) is 21.1 Å². The molecule has 26 heavy (non-hydrogen) atoms. The van der Waals surface area contributed by atoms with Crippen LogP contribution in [0.3, 0.4) is 0 Å². The second kappa shape index (κ2) is 8.56. The summed E-state index contributed by atoms with van der Waals surface area (Å²) in [5.74, 6) is 1.76. The van der Waals surface area contributed by atoms with E-state index in [-0.39, 0.29) is 11.9 Å². The summed E-state index contributed by atoms with van der Waals surface area (Å²) in [6.45, 7) is 4.10. The lowest BCUT2D eigenvalue weighted by Gasteiger charge is -2.10. The van der Waals surface area contributed by atoms with Crippen LogP contribution >= 0.6 is 22.9 Å². The van der Waals surface area contributed by atoms with Crippen molar-refractivity contribution < 1.29 is 14.3 Å². The van der Waals surface area contributed by atoms with E-state index < -0.39 is 0 Å². The molecule has 0 aliphatic heterocycles. The highest BCUT2D eigenvalue weighted by Crippen LogP contribution is 2.39. The molecule has 3 rings (SSSR count). The molecule has 1 fully saturated rings. The molecule has 1 saturated carbocycles. The number of rotatable bonds is 8. The van der Waals surface area contributed by atoms with E-state index >= 15 is 0 Å². The minimum atomic E-state index is -0.0612. The number of halogens is 1. The molecular formula is C19H21ClN2O3S. The van der Waals surface area contributed by atoms with Crippen LogP contribution in [0.25, 0.3) is 6.08 Å². The van der Waals surface area contributed by atoms with Crippen molar-refractivity contribution in [2.75, 3.05) is 6.61 Å². The van der Waals surface area contributed by atoms with Crippen molar-refractivity contribution in [3.05, 3.63) is 40.4 Å². The minimum absolute atomic E-state index is 0.0475. The molecule has 0 bridgehead atoms. The summed E-state index contributed by atoms with van der Waals surface area (Å²) in [6.07, 6.45) is 7.98. The molecule has 0 unspecified atom stereocenters. The number of carbonyl (C=O) groups excluding carboxylic acids is 1. The summed E-state index contributed by atoms with van der Waals surface area (Å²) < 4.78 is 11.6. The molecule has 2 aromatic rings. The molecule has 1 aromatic heterocycles. The van der Waals surface area contributed by atoms with Gasteiger partial charge in [-0.1, -0.05) is 35.1 Å². The Morgan fingerprint density at radius 1 is 1.46 bits per heavy atom. The molecule has 1 aliphatic rings.